The Kier molecular flexibility index (Phi) is 5.86. The first-order valence-electron chi connectivity index (χ1n) is 7.52. The first kappa shape index (κ1) is 14.1. The van der Waals surface area contributed by atoms with Crippen LogP contribution in [-0.4, -0.2) is 0 Å². The molecule has 0 aromatic heterocycles. The number of rotatable bonds is 7. The van der Waals surface area contributed by atoms with Gasteiger partial charge in [0, 0.05) is 0 Å². The Morgan fingerprint density at radius 2 is 1.56 bits per heavy atom. The predicted octanol–water partition coefficient (Wildman–Crippen LogP) is 5.52. The van der Waals surface area contributed by atoms with Gasteiger partial charge in [0.15, 0.2) is 0 Å². The van der Waals surface area contributed by atoms with E-state index < -0.39 is 0 Å². The van der Waals surface area contributed by atoms with Crippen molar-refractivity contribution in [1.82, 2.24) is 0 Å². The van der Waals surface area contributed by atoms with Gasteiger partial charge in [-0.3, -0.25) is 0 Å². The lowest BCUT2D eigenvalue weighted by Gasteiger charge is -2.38. The lowest BCUT2D eigenvalue weighted by molar-refractivity contribution is 0.127. The summed E-state index contributed by atoms with van der Waals surface area (Å²) in [4.78, 5) is 0. The molecule has 0 nitrogen and oxygen atoms in total. The third-order valence-electron chi connectivity index (χ3n) is 4.84. The third-order valence-corrected chi connectivity index (χ3v) is 4.84. The molecular formula is C16H32. The van der Waals surface area contributed by atoms with Gasteiger partial charge in [0.25, 0.3) is 0 Å². The molecule has 0 radical (unpaired) electrons. The summed E-state index contributed by atoms with van der Waals surface area (Å²) in [6, 6.07) is 0. The highest BCUT2D eigenvalue weighted by Gasteiger charge is 2.30. The minimum absolute atomic E-state index is 0.932. The second kappa shape index (κ2) is 6.67. The molecule has 16 heavy (non-hydrogen) atoms. The van der Waals surface area contributed by atoms with Crippen LogP contribution in [0.4, 0.5) is 0 Å². The highest BCUT2D eigenvalue weighted by molar-refractivity contribution is 4.81. The van der Waals surface area contributed by atoms with Crippen molar-refractivity contribution in [1.29, 1.82) is 0 Å². The predicted molar refractivity (Wildman–Crippen MR) is 73.5 cm³/mol. The zero-order valence-electron chi connectivity index (χ0n) is 12.1. The van der Waals surface area contributed by atoms with Crippen LogP contribution < -0.4 is 0 Å². The molecule has 3 unspecified atom stereocenters. The summed E-state index contributed by atoms with van der Waals surface area (Å²) in [7, 11) is 0. The number of hydrogen-bond acceptors (Lipinski definition) is 0. The summed E-state index contributed by atoms with van der Waals surface area (Å²) in [5.41, 5.74) is 0. The molecule has 0 bridgehead atoms. The first-order chi connectivity index (χ1) is 7.52. The highest BCUT2D eigenvalue weighted by atomic mass is 14.4. The van der Waals surface area contributed by atoms with Crippen LogP contribution in [0.25, 0.3) is 0 Å². The quantitative estimate of drug-likeness (QED) is 0.534. The van der Waals surface area contributed by atoms with Crippen molar-refractivity contribution in [3.8, 4) is 0 Å². The molecule has 1 saturated carbocycles. The van der Waals surface area contributed by atoms with Crippen LogP contribution in [0.15, 0.2) is 0 Å². The molecule has 0 aromatic rings. The third kappa shape index (κ3) is 4.47. The molecule has 1 fully saturated rings. The zero-order chi connectivity index (χ0) is 12.1. The molecule has 0 spiro atoms. The summed E-state index contributed by atoms with van der Waals surface area (Å²) < 4.78 is 0. The molecule has 96 valence electrons. The summed E-state index contributed by atoms with van der Waals surface area (Å²) in [6.07, 6.45) is 8.70. The molecule has 0 saturated heterocycles. The van der Waals surface area contributed by atoms with Crippen LogP contribution in [0.3, 0.4) is 0 Å². The fourth-order valence-corrected chi connectivity index (χ4v) is 3.15. The van der Waals surface area contributed by atoms with Gasteiger partial charge >= 0.3 is 0 Å². The van der Waals surface area contributed by atoms with E-state index in [1.165, 1.54) is 38.5 Å². The maximum Gasteiger partial charge on any atom is -0.0383 e. The zero-order valence-corrected chi connectivity index (χ0v) is 12.1. The largest absolute Gasteiger partial charge is 0.0651 e. The highest BCUT2D eigenvalue weighted by Crippen LogP contribution is 2.41. The van der Waals surface area contributed by atoms with Gasteiger partial charge < -0.3 is 0 Å². The monoisotopic (exact) mass is 224 g/mol. The maximum atomic E-state index is 2.48. The minimum atomic E-state index is 0.932. The van der Waals surface area contributed by atoms with E-state index in [-0.39, 0.29) is 0 Å². The smallest absolute Gasteiger partial charge is 0.0383 e. The summed E-state index contributed by atoms with van der Waals surface area (Å²) in [5, 5.41) is 0. The van der Waals surface area contributed by atoms with E-state index in [1.807, 2.05) is 0 Å². The van der Waals surface area contributed by atoms with Crippen molar-refractivity contribution in [3.63, 3.8) is 0 Å². The van der Waals surface area contributed by atoms with Crippen molar-refractivity contribution >= 4 is 0 Å². The normalized spacial score (nSPS) is 30.6. The van der Waals surface area contributed by atoms with Gasteiger partial charge in [-0.1, -0.05) is 53.9 Å². The number of hydrogen-bond donors (Lipinski definition) is 0. The molecule has 1 aliphatic rings. The van der Waals surface area contributed by atoms with E-state index in [0.717, 1.165) is 29.6 Å². The fraction of sp³-hybridized carbons (Fsp3) is 1.00. The Hall–Kier alpha value is 0. The van der Waals surface area contributed by atoms with Gasteiger partial charge in [0.05, 0.1) is 0 Å². The summed E-state index contributed by atoms with van der Waals surface area (Å²) in [5.74, 6) is 4.92. The summed E-state index contributed by atoms with van der Waals surface area (Å²) in [6.45, 7) is 12.0. The van der Waals surface area contributed by atoms with Gasteiger partial charge in [-0.15, -0.1) is 0 Å². The Bertz CT molecular complexity index is 178. The van der Waals surface area contributed by atoms with Gasteiger partial charge in [-0.2, -0.15) is 0 Å². The molecule has 0 N–H and O–H groups in total. The average Bonchev–Trinajstić information content (AvgIpc) is 2.21. The van der Waals surface area contributed by atoms with E-state index in [9.17, 15) is 0 Å². The second-order valence-electron chi connectivity index (χ2n) is 6.75. The lowest BCUT2D eigenvalue weighted by atomic mass is 9.68. The molecule has 1 rings (SSSR count). The van der Waals surface area contributed by atoms with Crippen molar-refractivity contribution in [2.24, 2.45) is 29.6 Å². The van der Waals surface area contributed by atoms with E-state index in [1.54, 1.807) is 0 Å². The Morgan fingerprint density at radius 3 is 2.06 bits per heavy atom. The first-order valence-corrected chi connectivity index (χ1v) is 7.52. The molecule has 0 heteroatoms. The van der Waals surface area contributed by atoms with E-state index >= 15 is 0 Å². The van der Waals surface area contributed by atoms with Crippen LogP contribution in [0.1, 0.15) is 73.1 Å². The molecule has 0 aliphatic heterocycles. The van der Waals surface area contributed by atoms with Gasteiger partial charge in [0.1, 0.15) is 0 Å². The van der Waals surface area contributed by atoms with Crippen LogP contribution in [0.5, 0.6) is 0 Å². The SMILES string of the molecule is CCC(C)CCC(C)CC(C)C1CC(C)C1. The van der Waals surface area contributed by atoms with Gasteiger partial charge in [-0.25, -0.2) is 0 Å². The van der Waals surface area contributed by atoms with Crippen LogP contribution in [0.2, 0.25) is 0 Å². The fourth-order valence-electron chi connectivity index (χ4n) is 3.15. The van der Waals surface area contributed by atoms with Gasteiger partial charge in [-0.05, 0) is 48.9 Å². The second-order valence-corrected chi connectivity index (χ2v) is 6.75. The lowest BCUT2D eigenvalue weighted by Crippen LogP contribution is -2.28. The maximum absolute atomic E-state index is 2.48. The average molecular weight is 224 g/mol. The standard InChI is InChI=1S/C16H32/c1-6-12(2)7-8-13(3)9-15(5)16-10-14(4)11-16/h12-16H,6-11H2,1-5H3. The van der Waals surface area contributed by atoms with Crippen LogP contribution >= 0.6 is 0 Å². The topological polar surface area (TPSA) is 0 Å². The van der Waals surface area contributed by atoms with Crippen LogP contribution in [-0.2, 0) is 0 Å². The van der Waals surface area contributed by atoms with E-state index in [2.05, 4.69) is 34.6 Å². The van der Waals surface area contributed by atoms with Crippen LogP contribution in [0, 0.1) is 29.6 Å². The molecule has 0 amide bonds. The van der Waals surface area contributed by atoms with Crippen molar-refractivity contribution < 1.29 is 0 Å². The van der Waals surface area contributed by atoms with Crippen molar-refractivity contribution in [3.05, 3.63) is 0 Å². The van der Waals surface area contributed by atoms with Crippen molar-refractivity contribution in [2.45, 2.75) is 73.1 Å². The van der Waals surface area contributed by atoms with Gasteiger partial charge in [0.2, 0.25) is 0 Å². The molecule has 1 aliphatic carbocycles. The molecular weight excluding hydrogens is 192 g/mol. The molecule has 0 heterocycles. The molecule has 0 aromatic carbocycles. The van der Waals surface area contributed by atoms with E-state index in [4.69, 9.17) is 0 Å². The minimum Gasteiger partial charge on any atom is -0.0651 e. The summed E-state index contributed by atoms with van der Waals surface area (Å²) >= 11 is 0. The Balaban J connectivity index is 2.11. The molecule has 3 atom stereocenters. The van der Waals surface area contributed by atoms with Crippen molar-refractivity contribution in [2.75, 3.05) is 0 Å². The van der Waals surface area contributed by atoms with E-state index in [0.29, 0.717) is 0 Å². The Labute approximate surface area is 103 Å². The Morgan fingerprint density at radius 1 is 1.00 bits per heavy atom.